The van der Waals surface area contributed by atoms with Crippen LogP contribution in [0.3, 0.4) is 0 Å². The Labute approximate surface area is 151 Å². The fourth-order valence-corrected chi connectivity index (χ4v) is 4.29. The first kappa shape index (κ1) is 15.5. The summed E-state index contributed by atoms with van der Waals surface area (Å²) in [4.78, 5) is 25.0. The Balaban J connectivity index is 1.40. The number of hydrogen-bond acceptors (Lipinski definition) is 6. The third kappa shape index (κ3) is 3.13. The number of piperazine rings is 1. The molecule has 124 valence electrons. The standard InChI is InChI=1S/C15H15BrN6OS/c16-11-1-2-12-13(7-11)24-15(19-12)21-5-3-20(4-6-21)14(23)8-22-10-17-9-18-22/h1-2,7,9-10H,3-6,8H2. The molecular weight excluding hydrogens is 392 g/mol. The highest BCUT2D eigenvalue weighted by atomic mass is 79.9. The molecule has 0 N–H and O–H groups in total. The van der Waals surface area contributed by atoms with E-state index in [2.05, 4.69) is 37.0 Å². The van der Waals surface area contributed by atoms with Crippen LogP contribution in [0.2, 0.25) is 0 Å². The van der Waals surface area contributed by atoms with Crippen molar-refractivity contribution in [3.05, 3.63) is 35.3 Å². The number of rotatable bonds is 3. The fourth-order valence-electron chi connectivity index (χ4n) is 2.72. The van der Waals surface area contributed by atoms with Gasteiger partial charge in [-0.1, -0.05) is 27.3 Å². The molecule has 1 aliphatic heterocycles. The van der Waals surface area contributed by atoms with Crippen LogP contribution >= 0.6 is 27.3 Å². The van der Waals surface area contributed by atoms with Gasteiger partial charge in [-0.2, -0.15) is 5.10 Å². The van der Waals surface area contributed by atoms with E-state index in [1.54, 1.807) is 22.3 Å². The Morgan fingerprint density at radius 2 is 2.08 bits per heavy atom. The summed E-state index contributed by atoms with van der Waals surface area (Å²) in [7, 11) is 0. The minimum atomic E-state index is 0.0772. The molecule has 0 aliphatic carbocycles. The maximum atomic E-state index is 12.3. The zero-order valence-electron chi connectivity index (χ0n) is 12.8. The van der Waals surface area contributed by atoms with E-state index in [-0.39, 0.29) is 12.5 Å². The van der Waals surface area contributed by atoms with Crippen LogP contribution in [-0.4, -0.2) is 56.7 Å². The number of fused-ring (bicyclic) bond motifs is 1. The van der Waals surface area contributed by atoms with Gasteiger partial charge in [0.1, 0.15) is 19.2 Å². The minimum Gasteiger partial charge on any atom is -0.345 e. The number of benzene rings is 1. The van der Waals surface area contributed by atoms with Crippen LogP contribution in [0.1, 0.15) is 0 Å². The summed E-state index contributed by atoms with van der Waals surface area (Å²) in [5.74, 6) is 0.0772. The average Bonchev–Trinajstić information content (AvgIpc) is 3.24. The summed E-state index contributed by atoms with van der Waals surface area (Å²) in [5.41, 5.74) is 1.02. The lowest BCUT2D eigenvalue weighted by molar-refractivity contribution is -0.132. The number of hydrogen-bond donors (Lipinski definition) is 0. The first-order chi connectivity index (χ1) is 11.7. The molecule has 24 heavy (non-hydrogen) atoms. The molecule has 0 saturated carbocycles. The Morgan fingerprint density at radius 3 is 2.83 bits per heavy atom. The van der Waals surface area contributed by atoms with Crippen molar-refractivity contribution >= 4 is 48.5 Å². The number of amides is 1. The van der Waals surface area contributed by atoms with Gasteiger partial charge in [0.25, 0.3) is 0 Å². The van der Waals surface area contributed by atoms with Crippen LogP contribution in [0, 0.1) is 0 Å². The van der Waals surface area contributed by atoms with Crippen LogP contribution in [0.5, 0.6) is 0 Å². The van der Waals surface area contributed by atoms with Gasteiger partial charge in [0.15, 0.2) is 5.13 Å². The van der Waals surface area contributed by atoms with E-state index < -0.39 is 0 Å². The lowest BCUT2D eigenvalue weighted by Crippen LogP contribution is -2.49. The maximum Gasteiger partial charge on any atom is 0.244 e. The van der Waals surface area contributed by atoms with Crippen molar-refractivity contribution < 1.29 is 4.79 Å². The van der Waals surface area contributed by atoms with Crippen LogP contribution in [0.25, 0.3) is 10.2 Å². The molecule has 3 aromatic rings. The second-order valence-corrected chi connectivity index (χ2v) is 7.49. The van der Waals surface area contributed by atoms with Crippen molar-refractivity contribution in [1.29, 1.82) is 0 Å². The van der Waals surface area contributed by atoms with Crippen molar-refractivity contribution in [3.63, 3.8) is 0 Å². The lowest BCUT2D eigenvalue weighted by Gasteiger charge is -2.34. The summed E-state index contributed by atoms with van der Waals surface area (Å²) >= 11 is 5.19. The van der Waals surface area contributed by atoms with Gasteiger partial charge in [-0.15, -0.1) is 0 Å². The number of thiazole rings is 1. The van der Waals surface area contributed by atoms with Crippen LogP contribution < -0.4 is 4.90 Å². The SMILES string of the molecule is O=C(Cn1cncn1)N1CCN(c2nc3ccc(Br)cc3s2)CC1. The van der Waals surface area contributed by atoms with Gasteiger partial charge in [0.05, 0.1) is 10.2 Å². The Kier molecular flexibility index (Phi) is 4.19. The van der Waals surface area contributed by atoms with Gasteiger partial charge < -0.3 is 9.80 Å². The molecule has 1 saturated heterocycles. The van der Waals surface area contributed by atoms with Crippen LogP contribution in [0.4, 0.5) is 5.13 Å². The molecule has 1 aromatic carbocycles. The first-order valence-corrected chi connectivity index (χ1v) is 9.21. The Bertz CT molecular complexity index is 856. The molecule has 1 fully saturated rings. The highest BCUT2D eigenvalue weighted by molar-refractivity contribution is 9.10. The van der Waals surface area contributed by atoms with Gasteiger partial charge >= 0.3 is 0 Å². The van der Waals surface area contributed by atoms with Crippen LogP contribution in [-0.2, 0) is 11.3 Å². The summed E-state index contributed by atoms with van der Waals surface area (Å²) in [6.07, 6.45) is 3.00. The fraction of sp³-hybridized carbons (Fsp3) is 0.333. The smallest absolute Gasteiger partial charge is 0.244 e. The molecule has 3 heterocycles. The van der Waals surface area contributed by atoms with E-state index in [4.69, 9.17) is 4.98 Å². The van der Waals surface area contributed by atoms with Crippen molar-refractivity contribution in [3.8, 4) is 0 Å². The highest BCUT2D eigenvalue weighted by Crippen LogP contribution is 2.31. The molecule has 0 bridgehead atoms. The van der Waals surface area contributed by atoms with E-state index in [0.717, 1.165) is 28.2 Å². The lowest BCUT2D eigenvalue weighted by atomic mass is 10.3. The summed E-state index contributed by atoms with van der Waals surface area (Å²) in [6, 6.07) is 6.12. The van der Waals surface area contributed by atoms with Crippen molar-refractivity contribution in [1.82, 2.24) is 24.6 Å². The van der Waals surface area contributed by atoms with Gasteiger partial charge in [0.2, 0.25) is 5.91 Å². The quantitative estimate of drug-likeness (QED) is 0.665. The molecule has 1 aliphatic rings. The third-order valence-electron chi connectivity index (χ3n) is 4.01. The van der Waals surface area contributed by atoms with Crippen molar-refractivity contribution in [2.24, 2.45) is 0 Å². The molecular formula is C15H15BrN6OS. The Morgan fingerprint density at radius 1 is 1.25 bits per heavy atom. The number of halogens is 1. The third-order valence-corrected chi connectivity index (χ3v) is 5.58. The molecule has 0 unspecified atom stereocenters. The molecule has 7 nitrogen and oxygen atoms in total. The molecule has 9 heteroatoms. The minimum absolute atomic E-state index is 0.0772. The topological polar surface area (TPSA) is 67.2 Å². The zero-order chi connectivity index (χ0) is 16.5. The van der Waals surface area contributed by atoms with E-state index in [1.807, 2.05) is 17.0 Å². The van der Waals surface area contributed by atoms with Crippen molar-refractivity contribution in [2.75, 3.05) is 31.1 Å². The monoisotopic (exact) mass is 406 g/mol. The van der Waals surface area contributed by atoms with Gasteiger partial charge in [-0.3, -0.25) is 4.79 Å². The molecule has 1 amide bonds. The molecule has 4 rings (SSSR count). The number of aromatic nitrogens is 4. The first-order valence-electron chi connectivity index (χ1n) is 7.60. The zero-order valence-corrected chi connectivity index (χ0v) is 15.2. The average molecular weight is 407 g/mol. The maximum absolute atomic E-state index is 12.3. The van der Waals surface area contributed by atoms with E-state index in [0.29, 0.717) is 13.1 Å². The van der Waals surface area contributed by atoms with E-state index in [9.17, 15) is 4.79 Å². The van der Waals surface area contributed by atoms with Crippen LogP contribution in [0.15, 0.2) is 35.3 Å². The highest BCUT2D eigenvalue weighted by Gasteiger charge is 2.23. The molecule has 0 atom stereocenters. The number of nitrogens with zero attached hydrogens (tertiary/aromatic N) is 6. The number of anilines is 1. The van der Waals surface area contributed by atoms with Gasteiger partial charge in [0, 0.05) is 30.7 Å². The number of carbonyl (C=O) groups excluding carboxylic acids is 1. The van der Waals surface area contributed by atoms with Gasteiger partial charge in [-0.05, 0) is 18.2 Å². The van der Waals surface area contributed by atoms with E-state index >= 15 is 0 Å². The second kappa shape index (κ2) is 6.48. The molecule has 2 aromatic heterocycles. The van der Waals surface area contributed by atoms with Crippen molar-refractivity contribution in [2.45, 2.75) is 6.54 Å². The second-order valence-electron chi connectivity index (χ2n) is 5.57. The normalized spacial score (nSPS) is 15.2. The summed E-state index contributed by atoms with van der Waals surface area (Å²) < 4.78 is 3.79. The predicted octanol–water partition coefficient (Wildman–Crippen LogP) is 2.00. The Hall–Kier alpha value is -2.00. The summed E-state index contributed by atoms with van der Waals surface area (Å²) in [5, 5.41) is 5.00. The molecule has 0 radical (unpaired) electrons. The number of carbonyl (C=O) groups is 1. The molecule has 0 spiro atoms. The predicted molar refractivity (Wildman–Crippen MR) is 96.1 cm³/mol. The summed E-state index contributed by atoms with van der Waals surface area (Å²) in [6.45, 7) is 3.24. The largest absolute Gasteiger partial charge is 0.345 e. The van der Waals surface area contributed by atoms with E-state index in [1.165, 1.54) is 11.0 Å². The van der Waals surface area contributed by atoms with Gasteiger partial charge in [-0.25, -0.2) is 14.6 Å².